The maximum atomic E-state index is 11.1. The summed E-state index contributed by atoms with van der Waals surface area (Å²) in [7, 11) is 0. The lowest BCUT2D eigenvalue weighted by molar-refractivity contribution is -0.135. The number of aryl methyl sites for hydroxylation is 1. The monoisotopic (exact) mass is 202 g/mol. The number of rotatable bonds is 0. The predicted octanol–water partition coefficient (Wildman–Crippen LogP) is 1.94. The number of carbonyl (C=O) groups excluding carboxylic acids is 1. The van der Waals surface area contributed by atoms with Crippen molar-refractivity contribution in [1.29, 1.82) is 0 Å². The molecule has 0 N–H and O–H groups in total. The molecule has 0 fully saturated rings. The van der Waals surface area contributed by atoms with Crippen LogP contribution >= 0.6 is 0 Å². The number of fused-ring (bicyclic) bond motifs is 2. The normalized spacial score (nSPS) is 17.5. The highest BCUT2D eigenvalue weighted by atomic mass is 16.5. The number of esters is 1. The Morgan fingerprint density at radius 2 is 2.07 bits per heavy atom. The predicted molar refractivity (Wildman–Crippen MR) is 54.9 cm³/mol. The number of hydrogen-bond donors (Lipinski definition) is 0. The van der Waals surface area contributed by atoms with Gasteiger partial charge in [-0.05, 0) is 24.1 Å². The molecule has 3 nitrogen and oxygen atoms in total. The minimum absolute atomic E-state index is 0.159. The minimum Gasteiger partial charge on any atom is -0.489 e. The van der Waals surface area contributed by atoms with Crippen LogP contribution in [0.4, 0.5) is 0 Å². The SMILES string of the molecule is O=C1CCc2cc3c(cc2O1)OCC=C3. The quantitative estimate of drug-likeness (QED) is 0.476. The van der Waals surface area contributed by atoms with Crippen molar-refractivity contribution >= 4 is 12.0 Å². The van der Waals surface area contributed by atoms with E-state index in [4.69, 9.17) is 9.47 Å². The van der Waals surface area contributed by atoms with Crippen molar-refractivity contribution in [3.05, 3.63) is 29.3 Å². The van der Waals surface area contributed by atoms with E-state index in [2.05, 4.69) is 0 Å². The molecule has 2 aliphatic heterocycles. The van der Waals surface area contributed by atoms with Crippen molar-refractivity contribution in [3.63, 3.8) is 0 Å². The van der Waals surface area contributed by atoms with Gasteiger partial charge in [-0.2, -0.15) is 0 Å². The third kappa shape index (κ3) is 1.40. The summed E-state index contributed by atoms with van der Waals surface area (Å²) in [5, 5.41) is 0. The van der Waals surface area contributed by atoms with Gasteiger partial charge in [-0.1, -0.05) is 6.08 Å². The molecular formula is C12H10O3. The van der Waals surface area contributed by atoms with Crippen LogP contribution in [0.25, 0.3) is 6.08 Å². The van der Waals surface area contributed by atoms with Gasteiger partial charge in [0.15, 0.2) is 0 Å². The third-order valence-electron chi connectivity index (χ3n) is 2.65. The van der Waals surface area contributed by atoms with Gasteiger partial charge in [-0.15, -0.1) is 0 Å². The highest BCUT2D eigenvalue weighted by Gasteiger charge is 2.20. The summed E-state index contributed by atoms with van der Waals surface area (Å²) in [6.45, 7) is 0.583. The molecule has 0 atom stereocenters. The molecule has 0 amide bonds. The second-order valence-electron chi connectivity index (χ2n) is 3.69. The maximum absolute atomic E-state index is 11.1. The third-order valence-corrected chi connectivity index (χ3v) is 2.65. The van der Waals surface area contributed by atoms with Crippen LogP contribution in [0.1, 0.15) is 17.5 Å². The van der Waals surface area contributed by atoms with Crippen molar-refractivity contribution in [2.24, 2.45) is 0 Å². The molecule has 3 heteroatoms. The molecule has 0 saturated heterocycles. The highest BCUT2D eigenvalue weighted by molar-refractivity contribution is 5.76. The van der Waals surface area contributed by atoms with Gasteiger partial charge < -0.3 is 9.47 Å². The van der Waals surface area contributed by atoms with Crippen molar-refractivity contribution in [3.8, 4) is 11.5 Å². The standard InChI is InChI=1S/C12H10O3/c13-12-4-3-9-6-8-2-1-5-14-10(8)7-11(9)15-12/h1-2,6-7H,3-5H2. The van der Waals surface area contributed by atoms with E-state index in [-0.39, 0.29) is 5.97 Å². The summed E-state index contributed by atoms with van der Waals surface area (Å²) in [6.07, 6.45) is 5.24. The Bertz CT molecular complexity index is 460. The van der Waals surface area contributed by atoms with Crippen molar-refractivity contribution in [1.82, 2.24) is 0 Å². The molecule has 0 spiro atoms. The van der Waals surface area contributed by atoms with Gasteiger partial charge in [0.1, 0.15) is 18.1 Å². The topological polar surface area (TPSA) is 35.5 Å². The summed E-state index contributed by atoms with van der Waals surface area (Å²) in [6, 6.07) is 3.85. The lowest BCUT2D eigenvalue weighted by atomic mass is 10.0. The van der Waals surface area contributed by atoms with Gasteiger partial charge in [0.25, 0.3) is 0 Å². The first-order valence-electron chi connectivity index (χ1n) is 5.00. The van der Waals surface area contributed by atoms with Crippen molar-refractivity contribution < 1.29 is 14.3 Å². The molecule has 0 bridgehead atoms. The fraction of sp³-hybridized carbons (Fsp3) is 0.250. The molecule has 0 saturated carbocycles. The van der Waals surface area contributed by atoms with E-state index < -0.39 is 0 Å². The van der Waals surface area contributed by atoms with E-state index in [0.29, 0.717) is 18.8 Å². The van der Waals surface area contributed by atoms with Gasteiger partial charge >= 0.3 is 5.97 Å². The first-order chi connectivity index (χ1) is 7.33. The summed E-state index contributed by atoms with van der Waals surface area (Å²) >= 11 is 0. The molecule has 3 rings (SSSR count). The molecule has 76 valence electrons. The molecule has 0 unspecified atom stereocenters. The Morgan fingerprint density at radius 1 is 1.13 bits per heavy atom. The zero-order valence-electron chi connectivity index (χ0n) is 8.16. The van der Waals surface area contributed by atoms with Crippen LogP contribution < -0.4 is 9.47 Å². The van der Waals surface area contributed by atoms with Gasteiger partial charge in [0, 0.05) is 11.6 Å². The second kappa shape index (κ2) is 3.12. The second-order valence-corrected chi connectivity index (χ2v) is 3.69. The molecule has 1 aromatic carbocycles. The molecule has 15 heavy (non-hydrogen) atoms. The van der Waals surface area contributed by atoms with E-state index in [1.807, 2.05) is 24.3 Å². The fourth-order valence-corrected chi connectivity index (χ4v) is 1.89. The van der Waals surface area contributed by atoms with Crippen LogP contribution in [0.5, 0.6) is 11.5 Å². The number of carbonyl (C=O) groups is 1. The van der Waals surface area contributed by atoms with Crippen LogP contribution in [0.3, 0.4) is 0 Å². The van der Waals surface area contributed by atoms with Crippen LogP contribution in [0.15, 0.2) is 18.2 Å². The molecule has 0 radical (unpaired) electrons. The Kier molecular flexibility index (Phi) is 1.78. The average Bonchev–Trinajstić information content (AvgIpc) is 2.26. The van der Waals surface area contributed by atoms with Gasteiger partial charge in [0.2, 0.25) is 0 Å². The van der Waals surface area contributed by atoms with E-state index in [1.165, 1.54) is 0 Å². The lowest BCUT2D eigenvalue weighted by Crippen LogP contribution is -2.16. The fourth-order valence-electron chi connectivity index (χ4n) is 1.89. The molecular weight excluding hydrogens is 192 g/mol. The minimum atomic E-state index is -0.159. The maximum Gasteiger partial charge on any atom is 0.311 e. The zero-order chi connectivity index (χ0) is 10.3. The summed E-state index contributed by atoms with van der Waals surface area (Å²) in [4.78, 5) is 11.1. The van der Waals surface area contributed by atoms with Crippen molar-refractivity contribution in [2.45, 2.75) is 12.8 Å². The van der Waals surface area contributed by atoms with E-state index in [1.54, 1.807) is 0 Å². The largest absolute Gasteiger partial charge is 0.489 e. The summed E-state index contributed by atoms with van der Waals surface area (Å²) in [5.41, 5.74) is 2.15. The molecule has 0 aliphatic carbocycles. The van der Waals surface area contributed by atoms with Crippen LogP contribution in [-0.4, -0.2) is 12.6 Å². The van der Waals surface area contributed by atoms with Crippen molar-refractivity contribution in [2.75, 3.05) is 6.61 Å². The van der Waals surface area contributed by atoms with Crippen LogP contribution in [0.2, 0.25) is 0 Å². The van der Waals surface area contributed by atoms with Crippen LogP contribution in [0, 0.1) is 0 Å². The Morgan fingerprint density at radius 3 is 3.00 bits per heavy atom. The molecule has 2 heterocycles. The summed E-state index contributed by atoms with van der Waals surface area (Å²) < 4.78 is 10.6. The summed E-state index contributed by atoms with van der Waals surface area (Å²) in [5.74, 6) is 1.29. The first-order valence-corrected chi connectivity index (χ1v) is 5.00. The molecule has 2 aliphatic rings. The first kappa shape index (κ1) is 8.53. The van der Waals surface area contributed by atoms with E-state index in [9.17, 15) is 4.79 Å². The number of ether oxygens (including phenoxy) is 2. The van der Waals surface area contributed by atoms with Gasteiger partial charge in [-0.3, -0.25) is 4.79 Å². The molecule has 0 aromatic heterocycles. The smallest absolute Gasteiger partial charge is 0.311 e. The molecule has 1 aromatic rings. The van der Waals surface area contributed by atoms with Gasteiger partial charge in [-0.25, -0.2) is 0 Å². The Labute approximate surface area is 87.3 Å². The van der Waals surface area contributed by atoms with E-state index >= 15 is 0 Å². The Hall–Kier alpha value is -1.77. The highest BCUT2D eigenvalue weighted by Crippen LogP contribution is 2.34. The number of benzene rings is 1. The van der Waals surface area contributed by atoms with Gasteiger partial charge in [0.05, 0.1) is 6.42 Å². The van der Waals surface area contributed by atoms with Crippen LogP contribution in [-0.2, 0) is 11.2 Å². The number of hydrogen-bond acceptors (Lipinski definition) is 3. The Balaban J connectivity index is 2.11. The lowest BCUT2D eigenvalue weighted by Gasteiger charge is -2.19. The van der Waals surface area contributed by atoms with E-state index in [0.717, 1.165) is 23.3 Å². The average molecular weight is 202 g/mol. The zero-order valence-corrected chi connectivity index (χ0v) is 8.16.